The average molecular weight is 620 g/mol. The summed E-state index contributed by atoms with van der Waals surface area (Å²) in [4.78, 5) is 38.7. The van der Waals surface area contributed by atoms with Gasteiger partial charge in [-0.3, -0.25) is 9.69 Å². The number of nitrogens with zero attached hydrogens (tertiary/aromatic N) is 5. The lowest BCUT2D eigenvalue weighted by Crippen LogP contribution is -2.61. The Morgan fingerprint density at radius 3 is 2.17 bits per heavy atom. The molecule has 1 unspecified atom stereocenters. The number of fused-ring (bicyclic) bond motifs is 2. The monoisotopic (exact) mass is 619 g/mol. The highest BCUT2D eigenvalue weighted by Crippen LogP contribution is 2.39. The number of ether oxygens (including phenoxy) is 1. The Labute approximate surface area is 272 Å². The van der Waals surface area contributed by atoms with Gasteiger partial charge in [-0.2, -0.15) is 0 Å². The highest BCUT2D eigenvalue weighted by atomic mass is 16.6. The van der Waals surface area contributed by atoms with Gasteiger partial charge in [-0.1, -0.05) is 78.9 Å². The predicted molar refractivity (Wildman–Crippen MR) is 179 cm³/mol. The van der Waals surface area contributed by atoms with Crippen molar-refractivity contribution in [1.82, 2.24) is 24.3 Å². The smallest absolute Gasteiger partial charge is 0.410 e. The van der Waals surface area contributed by atoms with E-state index < -0.39 is 11.6 Å². The van der Waals surface area contributed by atoms with Crippen LogP contribution in [0.25, 0.3) is 0 Å². The van der Waals surface area contributed by atoms with Crippen LogP contribution in [0.15, 0.2) is 97.6 Å². The number of rotatable bonds is 8. The molecule has 0 N–H and O–H groups in total. The van der Waals surface area contributed by atoms with E-state index in [2.05, 4.69) is 70.5 Å². The molecular weight excluding hydrogens is 574 g/mol. The summed E-state index contributed by atoms with van der Waals surface area (Å²) in [6.07, 6.45) is 7.86. The van der Waals surface area contributed by atoms with E-state index >= 15 is 0 Å². The van der Waals surface area contributed by atoms with Gasteiger partial charge in [-0.15, -0.1) is 0 Å². The Morgan fingerprint density at radius 1 is 0.891 bits per heavy atom. The van der Waals surface area contributed by atoms with Crippen LogP contribution in [-0.2, 0) is 35.5 Å². The molecule has 0 saturated carbocycles. The molecule has 8 nitrogen and oxygen atoms in total. The highest BCUT2D eigenvalue weighted by molar-refractivity contribution is 5.83. The van der Waals surface area contributed by atoms with E-state index in [1.165, 1.54) is 22.3 Å². The molecule has 2 heterocycles. The second-order valence-electron chi connectivity index (χ2n) is 13.4. The molecular formula is C38H45N5O3. The maximum atomic E-state index is 15.0. The molecule has 1 aromatic heterocycles. The summed E-state index contributed by atoms with van der Waals surface area (Å²) in [5.74, 6) is 0.0296. The highest BCUT2D eigenvalue weighted by Gasteiger charge is 2.43. The third kappa shape index (κ3) is 7.34. The maximum Gasteiger partial charge on any atom is 0.410 e. The van der Waals surface area contributed by atoms with Gasteiger partial charge < -0.3 is 19.1 Å². The first-order chi connectivity index (χ1) is 22.3. The summed E-state index contributed by atoms with van der Waals surface area (Å²) in [7, 11) is 0. The number of aryl methyl sites for hydroxylation is 3. The molecule has 8 heteroatoms. The number of piperazine rings is 1. The fourth-order valence-corrected chi connectivity index (χ4v) is 6.81. The van der Waals surface area contributed by atoms with Gasteiger partial charge in [-0.05, 0) is 67.9 Å². The second-order valence-corrected chi connectivity index (χ2v) is 13.4. The van der Waals surface area contributed by atoms with Gasteiger partial charge in [0, 0.05) is 51.7 Å². The first-order valence-corrected chi connectivity index (χ1v) is 16.4. The standard InChI is InChI=1S/C38H45N5O3/c1-38(2,3)46-37(45)42-24-25-43(35-32-16-9-7-14-30(32)18-19-31-15-8-10-17-33(31)35)34(27-42)36(44)41(26-29-12-5-4-6-13-29)22-11-21-40-23-20-39-28-40/h4-10,12-17,20,23,28,34-35H,11,18-19,21-22,24-27H2,1-3H3. The zero-order valence-corrected chi connectivity index (χ0v) is 27.2. The van der Waals surface area contributed by atoms with Crippen LogP contribution in [0.5, 0.6) is 0 Å². The van der Waals surface area contributed by atoms with Crippen molar-refractivity contribution in [2.45, 2.75) is 70.8 Å². The van der Waals surface area contributed by atoms with Crippen molar-refractivity contribution in [2.24, 2.45) is 0 Å². The quantitative estimate of drug-likeness (QED) is 0.238. The van der Waals surface area contributed by atoms with Crippen LogP contribution in [0.4, 0.5) is 4.79 Å². The van der Waals surface area contributed by atoms with Crippen LogP contribution >= 0.6 is 0 Å². The van der Waals surface area contributed by atoms with Gasteiger partial charge in [0.05, 0.1) is 12.4 Å². The van der Waals surface area contributed by atoms with Crippen LogP contribution in [0.3, 0.4) is 0 Å². The van der Waals surface area contributed by atoms with Crippen molar-refractivity contribution in [3.05, 3.63) is 125 Å². The molecule has 1 fully saturated rings. The lowest BCUT2D eigenvalue weighted by Gasteiger charge is -2.46. The van der Waals surface area contributed by atoms with E-state index in [-0.39, 0.29) is 24.6 Å². The molecule has 46 heavy (non-hydrogen) atoms. The summed E-state index contributed by atoms with van der Waals surface area (Å²) in [5.41, 5.74) is 5.56. The van der Waals surface area contributed by atoms with E-state index in [4.69, 9.17) is 4.74 Å². The van der Waals surface area contributed by atoms with Crippen LogP contribution in [-0.4, -0.2) is 74.1 Å². The summed E-state index contributed by atoms with van der Waals surface area (Å²) in [6.45, 7) is 8.79. The molecule has 3 aromatic carbocycles. The molecule has 2 amide bonds. The molecule has 240 valence electrons. The summed E-state index contributed by atoms with van der Waals surface area (Å²) in [5, 5.41) is 0. The molecule has 1 saturated heterocycles. The first kappa shape index (κ1) is 31.5. The zero-order valence-electron chi connectivity index (χ0n) is 27.2. The van der Waals surface area contributed by atoms with Crippen molar-refractivity contribution < 1.29 is 14.3 Å². The number of carbonyl (C=O) groups excluding carboxylic acids is 2. The number of carbonyl (C=O) groups is 2. The lowest BCUT2D eigenvalue weighted by molar-refractivity contribution is -0.141. The molecule has 4 aromatic rings. The van der Waals surface area contributed by atoms with E-state index in [1.807, 2.05) is 61.0 Å². The molecule has 0 radical (unpaired) electrons. The third-order valence-electron chi connectivity index (χ3n) is 8.98. The Morgan fingerprint density at radius 2 is 1.54 bits per heavy atom. The largest absolute Gasteiger partial charge is 0.444 e. The number of aromatic nitrogens is 2. The van der Waals surface area contributed by atoms with E-state index in [0.717, 1.165) is 31.4 Å². The number of amides is 2. The third-order valence-corrected chi connectivity index (χ3v) is 8.98. The molecule has 0 spiro atoms. The van der Waals surface area contributed by atoms with Crippen molar-refractivity contribution >= 4 is 12.0 Å². The van der Waals surface area contributed by atoms with Gasteiger partial charge in [0.15, 0.2) is 0 Å². The number of hydrogen-bond donors (Lipinski definition) is 0. The maximum absolute atomic E-state index is 15.0. The molecule has 0 bridgehead atoms. The Bertz CT molecular complexity index is 1570. The summed E-state index contributed by atoms with van der Waals surface area (Å²) >= 11 is 0. The first-order valence-electron chi connectivity index (χ1n) is 16.4. The molecule has 6 rings (SSSR count). The van der Waals surface area contributed by atoms with Crippen molar-refractivity contribution in [2.75, 3.05) is 26.2 Å². The second kappa shape index (κ2) is 13.9. The summed E-state index contributed by atoms with van der Waals surface area (Å²) in [6, 6.07) is 26.8. The zero-order chi connectivity index (χ0) is 32.1. The molecule has 1 atom stereocenters. The average Bonchev–Trinajstić information content (AvgIpc) is 3.51. The van der Waals surface area contributed by atoms with E-state index in [1.54, 1.807) is 11.1 Å². The fourth-order valence-electron chi connectivity index (χ4n) is 6.81. The van der Waals surface area contributed by atoms with E-state index in [9.17, 15) is 9.59 Å². The Hall–Kier alpha value is -4.43. The minimum atomic E-state index is -0.625. The number of imidazole rings is 1. The minimum Gasteiger partial charge on any atom is -0.444 e. The van der Waals surface area contributed by atoms with Gasteiger partial charge >= 0.3 is 6.09 Å². The van der Waals surface area contributed by atoms with Crippen LogP contribution < -0.4 is 0 Å². The van der Waals surface area contributed by atoms with Gasteiger partial charge in [0.25, 0.3) is 0 Å². The Balaban J connectivity index is 1.37. The van der Waals surface area contributed by atoms with Gasteiger partial charge in [0.2, 0.25) is 5.91 Å². The van der Waals surface area contributed by atoms with Crippen molar-refractivity contribution in [3.8, 4) is 0 Å². The fraction of sp³-hybridized carbons (Fsp3) is 0.395. The van der Waals surface area contributed by atoms with Crippen LogP contribution in [0, 0.1) is 0 Å². The Kier molecular flexibility index (Phi) is 9.54. The summed E-state index contributed by atoms with van der Waals surface area (Å²) < 4.78 is 7.86. The predicted octanol–water partition coefficient (Wildman–Crippen LogP) is 6.11. The normalized spacial score (nSPS) is 17.1. The van der Waals surface area contributed by atoms with Gasteiger partial charge in [0.1, 0.15) is 11.6 Å². The molecule has 1 aliphatic heterocycles. The molecule has 2 aliphatic rings. The van der Waals surface area contributed by atoms with E-state index in [0.29, 0.717) is 26.2 Å². The van der Waals surface area contributed by atoms with Crippen molar-refractivity contribution in [1.29, 1.82) is 0 Å². The lowest BCUT2D eigenvalue weighted by atomic mass is 9.91. The topological polar surface area (TPSA) is 70.9 Å². The SMILES string of the molecule is CC(C)(C)OC(=O)N1CCN(C2c3ccccc3CCc3ccccc32)C(C(=O)N(CCCn2ccnc2)Cc2ccccc2)C1. The molecule has 1 aliphatic carbocycles. The number of benzene rings is 3. The van der Waals surface area contributed by atoms with Crippen LogP contribution in [0.2, 0.25) is 0 Å². The number of hydrogen-bond acceptors (Lipinski definition) is 5. The van der Waals surface area contributed by atoms with Crippen molar-refractivity contribution in [3.63, 3.8) is 0 Å². The van der Waals surface area contributed by atoms with Gasteiger partial charge in [-0.25, -0.2) is 9.78 Å². The minimum absolute atomic E-state index is 0.0296. The van der Waals surface area contributed by atoms with Crippen LogP contribution in [0.1, 0.15) is 61.1 Å².